The Morgan fingerprint density at radius 2 is 0.810 bits per heavy atom. The van der Waals surface area contributed by atoms with Crippen molar-refractivity contribution in [3.8, 4) is 11.5 Å². The molecular weight excluding hydrogens is 260 g/mol. The van der Waals surface area contributed by atoms with Gasteiger partial charge in [0.05, 0.1) is 42.3 Å². The average molecular weight is 286 g/mol. The maximum atomic E-state index is 5.90. The van der Waals surface area contributed by atoms with Crippen LogP contribution in [0.2, 0.25) is 0 Å². The molecule has 0 amide bonds. The summed E-state index contributed by atoms with van der Waals surface area (Å²) in [5.41, 5.74) is 2.51. The van der Waals surface area contributed by atoms with Gasteiger partial charge in [0.1, 0.15) is 22.9 Å². The van der Waals surface area contributed by atoms with Crippen molar-refractivity contribution in [1.82, 2.24) is 8.97 Å². The van der Waals surface area contributed by atoms with Crippen LogP contribution >= 0.6 is 0 Å². The van der Waals surface area contributed by atoms with Crippen molar-refractivity contribution in [2.24, 2.45) is 0 Å². The molecule has 21 heavy (non-hydrogen) atoms. The van der Waals surface area contributed by atoms with E-state index in [0.717, 1.165) is 20.5 Å². The fourth-order valence-electron chi connectivity index (χ4n) is 2.06. The van der Waals surface area contributed by atoms with Crippen LogP contribution in [0.15, 0.2) is 48.5 Å². The highest BCUT2D eigenvalue weighted by Gasteiger charge is 2.13. The van der Waals surface area contributed by atoms with Crippen LogP contribution in [0.4, 0.5) is 11.4 Å². The molecular formula is C18H26N2O+2. The molecule has 2 aromatic carbocycles. The van der Waals surface area contributed by atoms with Gasteiger partial charge in [-0.3, -0.25) is 8.97 Å². The number of hydrogen-bond acceptors (Lipinski definition) is 1. The zero-order valence-corrected chi connectivity index (χ0v) is 13.9. The van der Waals surface area contributed by atoms with Crippen LogP contribution in [-0.4, -0.2) is 42.3 Å². The number of quaternary nitrogens is 2. The lowest BCUT2D eigenvalue weighted by atomic mass is 10.2. The maximum absolute atomic E-state index is 5.90. The molecule has 0 atom stereocenters. The Balaban J connectivity index is 2.12. The summed E-state index contributed by atoms with van der Waals surface area (Å²) in [6, 6.07) is 16.5. The van der Waals surface area contributed by atoms with E-state index in [-0.39, 0.29) is 0 Å². The van der Waals surface area contributed by atoms with Crippen molar-refractivity contribution in [2.45, 2.75) is 0 Å². The van der Waals surface area contributed by atoms with Crippen molar-refractivity contribution in [1.29, 1.82) is 0 Å². The average Bonchev–Trinajstić information content (AvgIpc) is 2.38. The van der Waals surface area contributed by atoms with Crippen molar-refractivity contribution in [3.05, 3.63) is 48.5 Å². The highest BCUT2D eigenvalue weighted by atomic mass is 16.5. The van der Waals surface area contributed by atoms with Gasteiger partial charge in [-0.15, -0.1) is 0 Å². The zero-order valence-electron chi connectivity index (χ0n) is 13.9. The molecule has 0 heterocycles. The normalized spacial score (nSPS) is 12.3. The minimum Gasteiger partial charge on any atom is -0.457 e. The van der Waals surface area contributed by atoms with Crippen molar-refractivity contribution in [3.63, 3.8) is 0 Å². The minimum atomic E-state index is 0.804. The highest BCUT2D eigenvalue weighted by Crippen LogP contribution is 2.27. The maximum Gasteiger partial charge on any atom is 0.132 e. The van der Waals surface area contributed by atoms with Crippen LogP contribution in [0, 0.1) is 0 Å². The summed E-state index contributed by atoms with van der Waals surface area (Å²) in [4.78, 5) is 0. The Hall–Kier alpha value is -1.84. The summed E-state index contributed by atoms with van der Waals surface area (Å²) in [6.07, 6.45) is 0. The molecule has 0 aliphatic heterocycles. The molecule has 0 radical (unpaired) electrons. The van der Waals surface area contributed by atoms with E-state index in [0.29, 0.717) is 0 Å². The molecule has 0 aliphatic rings. The molecule has 112 valence electrons. The first-order valence-corrected chi connectivity index (χ1v) is 7.18. The van der Waals surface area contributed by atoms with Gasteiger partial charge in [-0.2, -0.15) is 0 Å². The Labute approximate surface area is 128 Å². The van der Waals surface area contributed by atoms with Crippen LogP contribution in [0.5, 0.6) is 11.5 Å². The monoisotopic (exact) mass is 286 g/mol. The summed E-state index contributed by atoms with van der Waals surface area (Å²) in [6.45, 7) is 0. The van der Waals surface area contributed by atoms with Crippen LogP contribution in [0.3, 0.4) is 0 Å². The van der Waals surface area contributed by atoms with Gasteiger partial charge in [-0.05, 0) is 24.3 Å². The summed E-state index contributed by atoms with van der Waals surface area (Å²) in [5, 5.41) is 0. The van der Waals surface area contributed by atoms with Crippen LogP contribution < -0.4 is 13.7 Å². The van der Waals surface area contributed by atoms with Crippen LogP contribution in [-0.2, 0) is 0 Å². The Bertz CT molecular complexity index is 532. The molecule has 0 bridgehead atoms. The van der Waals surface area contributed by atoms with Gasteiger partial charge in [-0.1, -0.05) is 0 Å². The molecule has 2 aromatic rings. The topological polar surface area (TPSA) is 9.23 Å². The largest absolute Gasteiger partial charge is 0.457 e. The summed E-state index contributed by atoms with van der Waals surface area (Å²) in [7, 11) is 12.9. The summed E-state index contributed by atoms with van der Waals surface area (Å²) < 4.78 is 7.51. The van der Waals surface area contributed by atoms with E-state index in [1.54, 1.807) is 0 Å². The van der Waals surface area contributed by atoms with E-state index in [4.69, 9.17) is 4.74 Å². The second-order valence-electron chi connectivity index (χ2n) is 7.11. The first kappa shape index (κ1) is 15.5. The van der Waals surface area contributed by atoms with Gasteiger partial charge in [-0.25, -0.2) is 0 Å². The van der Waals surface area contributed by atoms with Gasteiger partial charge < -0.3 is 4.74 Å². The van der Waals surface area contributed by atoms with Crippen molar-refractivity contribution < 1.29 is 4.74 Å². The zero-order chi connectivity index (χ0) is 15.7. The molecule has 0 aromatic heterocycles. The molecule has 3 nitrogen and oxygen atoms in total. The third kappa shape index (κ3) is 4.06. The number of ether oxygens (including phenoxy) is 1. The smallest absolute Gasteiger partial charge is 0.132 e. The third-order valence-corrected chi connectivity index (χ3v) is 3.46. The molecule has 0 saturated carbocycles. The van der Waals surface area contributed by atoms with E-state index in [2.05, 4.69) is 66.6 Å². The van der Waals surface area contributed by atoms with Gasteiger partial charge >= 0.3 is 0 Å². The van der Waals surface area contributed by atoms with Crippen LogP contribution in [0.25, 0.3) is 0 Å². The quantitative estimate of drug-likeness (QED) is 0.775. The second-order valence-corrected chi connectivity index (χ2v) is 7.11. The summed E-state index contributed by atoms with van der Waals surface area (Å²) >= 11 is 0. The molecule has 0 unspecified atom stereocenters. The van der Waals surface area contributed by atoms with E-state index >= 15 is 0 Å². The number of benzene rings is 2. The predicted octanol–water partition coefficient (Wildman–Crippen LogP) is 3.87. The number of rotatable bonds is 4. The highest BCUT2D eigenvalue weighted by molar-refractivity contribution is 5.48. The molecule has 0 spiro atoms. The molecule has 0 saturated heterocycles. The fraction of sp³-hybridized carbons (Fsp3) is 0.333. The lowest BCUT2D eigenvalue weighted by Crippen LogP contribution is -2.34. The SMILES string of the molecule is C[N+](C)(C)c1ccc(Oc2ccc([N+](C)(C)C)cc2)cc1. The molecule has 0 fully saturated rings. The van der Waals surface area contributed by atoms with Gasteiger partial charge in [0, 0.05) is 24.3 Å². The molecule has 2 rings (SSSR count). The molecule has 0 N–H and O–H groups in total. The number of hydrogen-bond donors (Lipinski definition) is 0. The fourth-order valence-corrected chi connectivity index (χ4v) is 2.06. The Morgan fingerprint density at radius 1 is 0.524 bits per heavy atom. The first-order valence-electron chi connectivity index (χ1n) is 7.18. The molecule has 0 aliphatic carbocycles. The lowest BCUT2D eigenvalue weighted by molar-refractivity contribution is 0.470. The summed E-state index contributed by atoms with van der Waals surface area (Å²) in [5.74, 6) is 1.73. The lowest BCUT2D eigenvalue weighted by Gasteiger charge is -2.24. The van der Waals surface area contributed by atoms with E-state index in [1.807, 2.05) is 24.3 Å². The third-order valence-electron chi connectivity index (χ3n) is 3.46. The standard InChI is InChI=1S/C18H26N2O/c1-19(2,3)15-7-11-17(12-8-15)21-18-13-9-16(10-14-18)20(4,5)6/h7-14H,1-6H3/q+2. The van der Waals surface area contributed by atoms with Gasteiger partial charge in [0.2, 0.25) is 0 Å². The number of nitrogens with zero attached hydrogens (tertiary/aromatic N) is 2. The van der Waals surface area contributed by atoms with Crippen molar-refractivity contribution in [2.75, 3.05) is 42.3 Å². The van der Waals surface area contributed by atoms with E-state index in [9.17, 15) is 0 Å². The first-order chi connectivity index (χ1) is 9.66. The Kier molecular flexibility index (Phi) is 4.08. The van der Waals surface area contributed by atoms with Crippen LogP contribution in [0.1, 0.15) is 0 Å². The van der Waals surface area contributed by atoms with Gasteiger partial charge in [0.15, 0.2) is 0 Å². The van der Waals surface area contributed by atoms with Crippen molar-refractivity contribution >= 4 is 11.4 Å². The van der Waals surface area contributed by atoms with E-state index < -0.39 is 0 Å². The Morgan fingerprint density at radius 3 is 1.05 bits per heavy atom. The minimum absolute atomic E-state index is 0.804. The predicted molar refractivity (Wildman–Crippen MR) is 92.1 cm³/mol. The second kappa shape index (κ2) is 5.51. The van der Waals surface area contributed by atoms with E-state index in [1.165, 1.54) is 11.4 Å². The van der Waals surface area contributed by atoms with Gasteiger partial charge in [0.25, 0.3) is 0 Å². The molecule has 3 heteroatoms.